The van der Waals surface area contributed by atoms with Crippen molar-refractivity contribution >= 4 is 29.1 Å². The van der Waals surface area contributed by atoms with Crippen LogP contribution in [0.25, 0.3) is 0 Å². The average Bonchev–Trinajstić information content (AvgIpc) is 3.52. The van der Waals surface area contributed by atoms with E-state index in [1.165, 1.54) is 11.0 Å². The van der Waals surface area contributed by atoms with Crippen LogP contribution in [0.5, 0.6) is 0 Å². The lowest BCUT2D eigenvalue weighted by atomic mass is 10.1. The molecule has 8 nitrogen and oxygen atoms in total. The first kappa shape index (κ1) is 23.9. The molecule has 2 fully saturated rings. The summed E-state index contributed by atoms with van der Waals surface area (Å²) in [4.78, 5) is 38.4. The zero-order valence-corrected chi connectivity index (χ0v) is 16.7. The van der Waals surface area contributed by atoms with Gasteiger partial charge in [-0.15, -0.1) is 0 Å². The average molecular weight is 464 g/mol. The lowest BCUT2D eigenvalue weighted by Crippen LogP contribution is -2.55. The van der Waals surface area contributed by atoms with Crippen molar-refractivity contribution in [3.63, 3.8) is 0 Å². The quantitative estimate of drug-likeness (QED) is 0.451. The van der Waals surface area contributed by atoms with Gasteiger partial charge in [0.25, 0.3) is 18.2 Å². The fourth-order valence-corrected chi connectivity index (χ4v) is 3.49. The topological polar surface area (TPSA) is 105 Å². The minimum atomic E-state index is -4.70. The van der Waals surface area contributed by atoms with Crippen LogP contribution in [0.4, 0.5) is 33.3 Å². The number of amides is 3. The van der Waals surface area contributed by atoms with Crippen molar-refractivity contribution in [2.24, 2.45) is 5.73 Å². The zero-order valence-electron chi connectivity index (χ0n) is 16.7. The van der Waals surface area contributed by atoms with Crippen molar-refractivity contribution < 1.29 is 41.1 Å². The number of hydrogen-bond donors (Lipinski definition) is 2. The van der Waals surface area contributed by atoms with Gasteiger partial charge in [-0.3, -0.25) is 19.3 Å². The van der Waals surface area contributed by atoms with E-state index in [-0.39, 0.29) is 25.4 Å². The molecular weight excluding hydrogens is 443 g/mol. The van der Waals surface area contributed by atoms with E-state index < -0.39 is 60.2 Å². The third-order valence-corrected chi connectivity index (χ3v) is 5.05. The van der Waals surface area contributed by atoms with Gasteiger partial charge in [0.1, 0.15) is 6.61 Å². The number of ether oxygens (including phenoxy) is 1. The number of benzene rings is 1. The van der Waals surface area contributed by atoms with E-state index in [1.807, 2.05) is 0 Å². The summed E-state index contributed by atoms with van der Waals surface area (Å²) in [5.74, 6) is -3.01. The van der Waals surface area contributed by atoms with Crippen LogP contribution in [0.1, 0.15) is 24.8 Å². The monoisotopic (exact) mass is 464 g/mol. The number of rotatable bonds is 8. The first-order valence-electron chi connectivity index (χ1n) is 9.71. The number of halogens is 5. The summed E-state index contributed by atoms with van der Waals surface area (Å²) in [5, 5.41) is 2.11. The SMILES string of the molecule is NC(=O)[C@H](C(=O)Nc1ccc(N2CCOCC2=O)cc1C(F)F)N(CC(F)(F)F)C1CC1. The van der Waals surface area contributed by atoms with Crippen LogP contribution in [-0.4, -0.2) is 67.2 Å². The van der Waals surface area contributed by atoms with Crippen LogP contribution in [-0.2, 0) is 19.1 Å². The lowest BCUT2D eigenvalue weighted by molar-refractivity contribution is -0.158. The molecule has 1 heterocycles. The number of nitrogens with one attached hydrogen (secondary N) is 1. The van der Waals surface area contributed by atoms with E-state index in [4.69, 9.17) is 10.5 Å². The largest absolute Gasteiger partial charge is 0.401 e. The van der Waals surface area contributed by atoms with Crippen molar-refractivity contribution in [3.05, 3.63) is 23.8 Å². The van der Waals surface area contributed by atoms with Crippen molar-refractivity contribution in [2.75, 3.05) is 36.5 Å². The molecule has 13 heteroatoms. The molecule has 176 valence electrons. The van der Waals surface area contributed by atoms with E-state index in [2.05, 4.69) is 5.32 Å². The molecule has 3 N–H and O–H groups in total. The summed E-state index contributed by atoms with van der Waals surface area (Å²) < 4.78 is 71.2. The van der Waals surface area contributed by atoms with E-state index in [1.54, 1.807) is 0 Å². The Balaban J connectivity index is 1.85. The van der Waals surface area contributed by atoms with Gasteiger partial charge in [0.15, 0.2) is 6.04 Å². The number of morpholine rings is 1. The number of primary amides is 1. The molecule has 1 aromatic rings. The molecule has 3 amide bonds. The molecule has 0 spiro atoms. The Morgan fingerprint density at radius 2 is 1.97 bits per heavy atom. The van der Waals surface area contributed by atoms with Crippen molar-refractivity contribution in [1.82, 2.24) is 4.90 Å². The number of hydrogen-bond acceptors (Lipinski definition) is 5. The van der Waals surface area contributed by atoms with Gasteiger partial charge in [-0.25, -0.2) is 8.78 Å². The van der Waals surface area contributed by atoms with Crippen molar-refractivity contribution in [3.8, 4) is 0 Å². The van der Waals surface area contributed by atoms with Gasteiger partial charge >= 0.3 is 6.18 Å². The van der Waals surface area contributed by atoms with E-state index >= 15 is 0 Å². The number of nitrogens with two attached hydrogens (primary N) is 1. The Labute approximate surface area is 179 Å². The Bertz CT molecular complexity index is 891. The summed E-state index contributed by atoms with van der Waals surface area (Å²) in [5.41, 5.74) is 4.29. The third-order valence-electron chi connectivity index (χ3n) is 5.05. The molecule has 1 atom stereocenters. The predicted octanol–water partition coefficient (Wildman–Crippen LogP) is 1.81. The minimum absolute atomic E-state index is 0.144. The second kappa shape index (κ2) is 9.36. The van der Waals surface area contributed by atoms with Crippen LogP contribution in [0, 0.1) is 0 Å². The number of carbonyl (C=O) groups excluding carboxylic acids is 3. The molecule has 1 aromatic carbocycles. The fraction of sp³-hybridized carbons (Fsp3) is 0.526. The molecule has 1 saturated heterocycles. The van der Waals surface area contributed by atoms with Gasteiger partial charge in [0, 0.05) is 29.5 Å². The normalized spacial score (nSPS) is 18.2. The molecule has 0 bridgehead atoms. The highest BCUT2D eigenvalue weighted by molar-refractivity contribution is 6.10. The first-order chi connectivity index (χ1) is 15.0. The Kier molecular flexibility index (Phi) is 6.98. The summed E-state index contributed by atoms with van der Waals surface area (Å²) in [6.07, 6.45) is -7.09. The molecule has 1 saturated carbocycles. The maximum absolute atomic E-state index is 13.7. The summed E-state index contributed by atoms with van der Waals surface area (Å²) in [6.45, 7) is -1.40. The Hall–Kier alpha value is -2.80. The number of carbonyl (C=O) groups is 3. The molecule has 0 unspecified atom stereocenters. The fourth-order valence-electron chi connectivity index (χ4n) is 3.49. The van der Waals surface area contributed by atoms with Gasteiger partial charge in [-0.2, -0.15) is 13.2 Å². The molecule has 3 rings (SSSR count). The van der Waals surface area contributed by atoms with E-state index in [0.29, 0.717) is 17.7 Å². The van der Waals surface area contributed by atoms with Crippen LogP contribution >= 0.6 is 0 Å². The third kappa shape index (κ3) is 5.71. The van der Waals surface area contributed by atoms with Crippen LogP contribution in [0.2, 0.25) is 0 Å². The smallest absolute Gasteiger partial charge is 0.370 e. The zero-order chi connectivity index (χ0) is 23.6. The van der Waals surface area contributed by atoms with Gasteiger partial charge in [0.05, 0.1) is 13.2 Å². The highest BCUT2D eigenvalue weighted by atomic mass is 19.4. The lowest BCUT2D eigenvalue weighted by Gasteiger charge is -2.30. The van der Waals surface area contributed by atoms with Gasteiger partial charge < -0.3 is 20.7 Å². The molecule has 0 aromatic heterocycles. The Morgan fingerprint density at radius 3 is 2.50 bits per heavy atom. The number of nitrogens with zero attached hydrogens (tertiary/aromatic N) is 2. The van der Waals surface area contributed by atoms with Crippen LogP contribution in [0.3, 0.4) is 0 Å². The second-order valence-electron chi connectivity index (χ2n) is 7.48. The summed E-state index contributed by atoms with van der Waals surface area (Å²) in [7, 11) is 0. The second-order valence-corrected chi connectivity index (χ2v) is 7.48. The molecule has 1 aliphatic carbocycles. The minimum Gasteiger partial charge on any atom is -0.370 e. The number of alkyl halides is 5. The van der Waals surface area contributed by atoms with Crippen LogP contribution < -0.4 is 16.0 Å². The highest BCUT2D eigenvalue weighted by Crippen LogP contribution is 2.34. The van der Waals surface area contributed by atoms with Gasteiger partial charge in [-0.05, 0) is 31.0 Å². The van der Waals surface area contributed by atoms with Crippen LogP contribution in [0.15, 0.2) is 18.2 Å². The van der Waals surface area contributed by atoms with E-state index in [9.17, 15) is 36.3 Å². The Morgan fingerprint density at radius 1 is 1.28 bits per heavy atom. The van der Waals surface area contributed by atoms with Gasteiger partial charge in [-0.1, -0.05) is 0 Å². The maximum atomic E-state index is 13.7. The number of anilines is 2. The van der Waals surface area contributed by atoms with E-state index in [0.717, 1.165) is 12.1 Å². The summed E-state index contributed by atoms with van der Waals surface area (Å²) >= 11 is 0. The molecule has 32 heavy (non-hydrogen) atoms. The summed E-state index contributed by atoms with van der Waals surface area (Å²) in [6, 6.07) is 0.746. The molecular formula is C19H21F5N4O4. The molecule has 0 radical (unpaired) electrons. The van der Waals surface area contributed by atoms with Crippen molar-refractivity contribution in [1.29, 1.82) is 0 Å². The standard InChI is InChI=1S/C19H21F5N4O4/c20-16(21)12-7-11(27-5-6-32-8-14(27)29)3-4-13(12)26-18(31)15(17(25)30)28(10-1-2-10)9-19(22,23)24/h3-4,7,10,15-16H,1-2,5-6,8-9H2,(H2,25,30)(H,26,31)/t15-/m1/s1. The molecule has 1 aliphatic heterocycles. The maximum Gasteiger partial charge on any atom is 0.401 e. The highest BCUT2D eigenvalue weighted by Gasteiger charge is 2.46. The van der Waals surface area contributed by atoms with Crippen molar-refractivity contribution in [2.45, 2.75) is 37.5 Å². The predicted molar refractivity (Wildman–Crippen MR) is 102 cm³/mol. The molecule has 2 aliphatic rings. The van der Waals surface area contributed by atoms with Gasteiger partial charge in [0.2, 0.25) is 5.91 Å². The first-order valence-corrected chi connectivity index (χ1v) is 9.71.